The largest absolute Gasteiger partial charge is 0.491 e. The lowest BCUT2D eigenvalue weighted by atomic mass is 10.1. The first-order valence-corrected chi connectivity index (χ1v) is 8.35. The fourth-order valence-corrected chi connectivity index (χ4v) is 2.91. The summed E-state index contributed by atoms with van der Waals surface area (Å²) in [5, 5.41) is 0. The summed E-state index contributed by atoms with van der Waals surface area (Å²) in [6.07, 6.45) is 4.32. The molecule has 2 aromatic heterocycles. The smallest absolute Gasteiger partial charge is 0.139 e. The third kappa shape index (κ3) is 3.65. The van der Waals surface area contributed by atoms with Gasteiger partial charge in [-0.25, -0.2) is 9.37 Å². The number of rotatable bonds is 6. The van der Waals surface area contributed by atoms with Gasteiger partial charge in [0.25, 0.3) is 0 Å². The lowest BCUT2D eigenvalue weighted by Gasteiger charge is -2.11. The van der Waals surface area contributed by atoms with E-state index in [-0.39, 0.29) is 11.9 Å². The molecule has 0 saturated carbocycles. The molecule has 0 radical (unpaired) electrons. The van der Waals surface area contributed by atoms with E-state index < -0.39 is 0 Å². The molecular weight excluding hydrogens is 323 g/mol. The van der Waals surface area contributed by atoms with E-state index in [9.17, 15) is 4.39 Å². The zero-order valence-corrected chi connectivity index (χ0v) is 13.7. The zero-order chi connectivity index (χ0) is 17.1. The van der Waals surface area contributed by atoms with Crippen molar-refractivity contribution in [3.05, 3.63) is 54.6 Å². The van der Waals surface area contributed by atoms with Crippen LogP contribution >= 0.6 is 0 Å². The van der Waals surface area contributed by atoms with Gasteiger partial charge < -0.3 is 14.2 Å². The van der Waals surface area contributed by atoms with E-state index in [0.29, 0.717) is 25.5 Å². The third-order valence-corrected chi connectivity index (χ3v) is 4.21. The Morgan fingerprint density at radius 2 is 2.04 bits per heavy atom. The average Bonchev–Trinajstić information content (AvgIpc) is 3.29. The molecule has 3 heterocycles. The van der Waals surface area contributed by atoms with Crippen LogP contribution < -0.4 is 4.74 Å². The van der Waals surface area contributed by atoms with Crippen LogP contribution in [0.4, 0.5) is 4.39 Å². The molecule has 4 rings (SSSR count). The van der Waals surface area contributed by atoms with Gasteiger partial charge >= 0.3 is 0 Å². The highest BCUT2D eigenvalue weighted by atomic mass is 19.1. The van der Waals surface area contributed by atoms with E-state index in [1.165, 1.54) is 12.3 Å². The normalized spacial score (nSPS) is 17.2. The minimum absolute atomic E-state index is 0.196. The van der Waals surface area contributed by atoms with Gasteiger partial charge in [-0.05, 0) is 42.8 Å². The summed E-state index contributed by atoms with van der Waals surface area (Å²) in [5.41, 5.74) is 2.50. The van der Waals surface area contributed by atoms with Gasteiger partial charge in [-0.3, -0.25) is 4.40 Å². The first-order valence-electron chi connectivity index (χ1n) is 8.35. The molecule has 0 aliphatic carbocycles. The summed E-state index contributed by atoms with van der Waals surface area (Å²) in [5.74, 6) is 0.481. The highest BCUT2D eigenvalue weighted by Crippen LogP contribution is 2.23. The molecule has 25 heavy (non-hydrogen) atoms. The zero-order valence-electron chi connectivity index (χ0n) is 13.7. The fraction of sp³-hybridized carbons (Fsp3) is 0.316. The summed E-state index contributed by atoms with van der Waals surface area (Å²) in [6.45, 7) is 2.49. The number of pyridine rings is 1. The predicted octanol–water partition coefficient (Wildman–Crippen LogP) is 3.32. The maximum absolute atomic E-state index is 13.5. The molecule has 1 fully saturated rings. The number of hydrogen-bond donors (Lipinski definition) is 0. The quantitative estimate of drug-likeness (QED) is 0.645. The number of benzene rings is 1. The molecule has 130 valence electrons. The second-order valence-electron chi connectivity index (χ2n) is 5.95. The Morgan fingerprint density at radius 3 is 2.84 bits per heavy atom. The molecule has 1 atom stereocenters. The SMILES string of the molecule is Fc1ccc2ncc(-c3ccc(OCCO[C@@H]4CCOC4)cc3)n2c1. The molecule has 0 N–H and O–H groups in total. The molecule has 0 amide bonds. The van der Waals surface area contributed by atoms with Crippen LogP contribution in [-0.2, 0) is 9.47 Å². The molecule has 0 spiro atoms. The first-order chi connectivity index (χ1) is 12.3. The molecule has 1 aliphatic rings. The second kappa shape index (κ2) is 7.21. The number of nitrogens with zero attached hydrogens (tertiary/aromatic N) is 2. The Kier molecular flexibility index (Phi) is 4.63. The van der Waals surface area contributed by atoms with Crippen LogP contribution in [-0.4, -0.2) is 41.9 Å². The van der Waals surface area contributed by atoms with Crippen molar-refractivity contribution in [1.82, 2.24) is 9.38 Å². The molecule has 1 aromatic carbocycles. The van der Waals surface area contributed by atoms with Gasteiger partial charge in [-0.2, -0.15) is 0 Å². The molecule has 6 heteroatoms. The van der Waals surface area contributed by atoms with Gasteiger partial charge in [0.2, 0.25) is 0 Å². The number of halogens is 1. The van der Waals surface area contributed by atoms with Crippen molar-refractivity contribution in [1.29, 1.82) is 0 Å². The summed E-state index contributed by atoms with van der Waals surface area (Å²) >= 11 is 0. The summed E-state index contributed by atoms with van der Waals surface area (Å²) in [4.78, 5) is 4.30. The Bertz CT molecular complexity index is 842. The van der Waals surface area contributed by atoms with E-state index in [0.717, 1.165) is 30.0 Å². The standard InChI is InChI=1S/C19H19FN2O3/c20-15-3-6-19-21-11-18(22(19)12-15)14-1-4-16(5-2-14)24-9-10-25-17-7-8-23-13-17/h1-6,11-12,17H,7-10,13H2/t17-/m1/s1. The van der Waals surface area contributed by atoms with E-state index in [1.54, 1.807) is 16.7 Å². The van der Waals surface area contributed by atoms with Crippen molar-refractivity contribution in [2.75, 3.05) is 26.4 Å². The molecule has 5 nitrogen and oxygen atoms in total. The van der Waals surface area contributed by atoms with Gasteiger partial charge in [0, 0.05) is 18.4 Å². The number of imidazole rings is 1. The lowest BCUT2D eigenvalue weighted by molar-refractivity contribution is 0.0265. The molecule has 3 aromatic rings. The highest BCUT2D eigenvalue weighted by molar-refractivity contribution is 5.64. The molecule has 0 unspecified atom stereocenters. The highest BCUT2D eigenvalue weighted by Gasteiger charge is 2.15. The van der Waals surface area contributed by atoms with Crippen molar-refractivity contribution in [2.45, 2.75) is 12.5 Å². The van der Waals surface area contributed by atoms with Crippen LogP contribution in [0.25, 0.3) is 16.9 Å². The van der Waals surface area contributed by atoms with Crippen molar-refractivity contribution in [2.24, 2.45) is 0 Å². The Morgan fingerprint density at radius 1 is 1.16 bits per heavy atom. The van der Waals surface area contributed by atoms with Crippen LogP contribution in [0.15, 0.2) is 48.8 Å². The lowest BCUT2D eigenvalue weighted by Crippen LogP contribution is -2.16. The average molecular weight is 342 g/mol. The molecule has 0 bridgehead atoms. The van der Waals surface area contributed by atoms with E-state index >= 15 is 0 Å². The third-order valence-electron chi connectivity index (χ3n) is 4.21. The van der Waals surface area contributed by atoms with Gasteiger partial charge in [0.05, 0.1) is 31.2 Å². The Balaban J connectivity index is 1.38. The van der Waals surface area contributed by atoms with Gasteiger partial charge in [-0.1, -0.05) is 0 Å². The maximum Gasteiger partial charge on any atom is 0.139 e. The predicted molar refractivity (Wildman–Crippen MR) is 91.3 cm³/mol. The summed E-state index contributed by atoms with van der Waals surface area (Å²) in [6, 6.07) is 10.7. The van der Waals surface area contributed by atoms with Crippen LogP contribution in [0.3, 0.4) is 0 Å². The first kappa shape index (κ1) is 16.1. The van der Waals surface area contributed by atoms with Gasteiger partial charge in [0.15, 0.2) is 0 Å². The minimum Gasteiger partial charge on any atom is -0.491 e. The van der Waals surface area contributed by atoms with E-state index in [1.807, 2.05) is 24.3 Å². The van der Waals surface area contributed by atoms with Crippen molar-refractivity contribution < 1.29 is 18.6 Å². The number of aromatic nitrogens is 2. The second-order valence-corrected chi connectivity index (χ2v) is 5.95. The number of hydrogen-bond acceptors (Lipinski definition) is 4. The minimum atomic E-state index is -0.292. The monoisotopic (exact) mass is 342 g/mol. The van der Waals surface area contributed by atoms with Crippen LogP contribution in [0.1, 0.15) is 6.42 Å². The van der Waals surface area contributed by atoms with Crippen molar-refractivity contribution in [3.8, 4) is 17.0 Å². The van der Waals surface area contributed by atoms with Crippen molar-refractivity contribution in [3.63, 3.8) is 0 Å². The maximum atomic E-state index is 13.5. The molecule has 1 saturated heterocycles. The topological polar surface area (TPSA) is 45.0 Å². The Hall–Kier alpha value is -2.44. The van der Waals surface area contributed by atoms with Crippen LogP contribution in [0, 0.1) is 5.82 Å². The fourth-order valence-electron chi connectivity index (χ4n) is 2.91. The van der Waals surface area contributed by atoms with Gasteiger partial charge in [0.1, 0.15) is 23.8 Å². The molecular formula is C19H19FN2O3. The Labute approximate surface area is 145 Å². The van der Waals surface area contributed by atoms with E-state index in [2.05, 4.69) is 4.98 Å². The number of fused-ring (bicyclic) bond motifs is 1. The summed E-state index contributed by atoms with van der Waals surface area (Å²) < 4.78 is 31.8. The van der Waals surface area contributed by atoms with Crippen molar-refractivity contribution >= 4 is 5.65 Å². The van der Waals surface area contributed by atoms with Crippen LogP contribution in [0.5, 0.6) is 5.75 Å². The number of ether oxygens (including phenoxy) is 3. The van der Waals surface area contributed by atoms with Gasteiger partial charge in [-0.15, -0.1) is 0 Å². The molecule has 1 aliphatic heterocycles. The summed E-state index contributed by atoms with van der Waals surface area (Å²) in [7, 11) is 0. The van der Waals surface area contributed by atoms with Crippen LogP contribution in [0.2, 0.25) is 0 Å². The van der Waals surface area contributed by atoms with E-state index in [4.69, 9.17) is 14.2 Å².